The predicted molar refractivity (Wildman–Crippen MR) is 93.4 cm³/mol. The van der Waals surface area contributed by atoms with E-state index in [1.807, 2.05) is 0 Å². The minimum atomic E-state index is -0.675. The Kier molecular flexibility index (Phi) is 4.29. The summed E-state index contributed by atoms with van der Waals surface area (Å²) in [6.07, 6.45) is 1.39. The average Bonchev–Trinajstić information content (AvgIpc) is 3.32. The molecule has 8 heteroatoms. The van der Waals surface area contributed by atoms with Crippen LogP contribution in [0.25, 0.3) is 10.9 Å². The van der Waals surface area contributed by atoms with Crippen molar-refractivity contribution < 1.29 is 22.7 Å². The number of amides is 1. The van der Waals surface area contributed by atoms with Crippen molar-refractivity contribution in [2.24, 2.45) is 0 Å². The minimum Gasteiger partial charge on any atom is -0.489 e. The second-order valence-corrected chi connectivity index (χ2v) is 5.70. The van der Waals surface area contributed by atoms with E-state index in [4.69, 9.17) is 9.15 Å². The molecule has 0 bridgehead atoms. The number of anilines is 1. The van der Waals surface area contributed by atoms with Gasteiger partial charge in [0, 0.05) is 5.39 Å². The molecule has 2 aromatic heterocycles. The summed E-state index contributed by atoms with van der Waals surface area (Å²) in [4.78, 5) is 12.1. The van der Waals surface area contributed by atoms with Crippen LogP contribution in [0, 0.1) is 11.6 Å². The number of carbonyl (C=O) groups excluding carboxylic acids is 1. The number of hydrogen-bond donors (Lipinski definition) is 2. The Balaban J connectivity index is 1.56. The molecule has 2 heterocycles. The van der Waals surface area contributed by atoms with Gasteiger partial charge in [0.15, 0.2) is 11.6 Å². The van der Waals surface area contributed by atoms with Gasteiger partial charge in [0.25, 0.3) is 5.91 Å². The Hall–Kier alpha value is -3.68. The van der Waals surface area contributed by atoms with Gasteiger partial charge in [0.05, 0.1) is 17.3 Å². The molecule has 2 N–H and O–H groups in total. The quantitative estimate of drug-likeness (QED) is 0.551. The van der Waals surface area contributed by atoms with Crippen LogP contribution in [-0.4, -0.2) is 16.1 Å². The van der Waals surface area contributed by atoms with E-state index in [0.29, 0.717) is 16.7 Å². The van der Waals surface area contributed by atoms with Crippen molar-refractivity contribution in [3.63, 3.8) is 0 Å². The number of H-pyrrole nitrogens is 1. The van der Waals surface area contributed by atoms with Crippen LogP contribution in [0.2, 0.25) is 0 Å². The summed E-state index contributed by atoms with van der Waals surface area (Å²) in [7, 11) is 0. The SMILES string of the molecule is O=C(Nc1n[nH]c2ccc(OCc3c(F)cccc3F)cc12)c1ccco1. The molecule has 0 radical (unpaired) electrons. The molecule has 136 valence electrons. The summed E-state index contributed by atoms with van der Waals surface area (Å²) in [6, 6.07) is 11.7. The fraction of sp³-hybridized carbons (Fsp3) is 0.0526. The second kappa shape index (κ2) is 6.91. The molecule has 0 atom stereocenters. The lowest BCUT2D eigenvalue weighted by molar-refractivity contribution is 0.0996. The average molecular weight is 369 g/mol. The van der Waals surface area contributed by atoms with Gasteiger partial charge in [-0.25, -0.2) is 8.78 Å². The molecule has 0 spiro atoms. The van der Waals surface area contributed by atoms with Gasteiger partial charge in [0.2, 0.25) is 0 Å². The zero-order valence-electron chi connectivity index (χ0n) is 13.8. The van der Waals surface area contributed by atoms with Gasteiger partial charge >= 0.3 is 0 Å². The van der Waals surface area contributed by atoms with E-state index in [-0.39, 0.29) is 23.7 Å². The maximum atomic E-state index is 13.7. The number of ether oxygens (including phenoxy) is 1. The lowest BCUT2D eigenvalue weighted by atomic mass is 10.2. The van der Waals surface area contributed by atoms with E-state index in [1.54, 1.807) is 24.3 Å². The highest BCUT2D eigenvalue weighted by atomic mass is 19.1. The molecule has 6 nitrogen and oxygen atoms in total. The lowest BCUT2D eigenvalue weighted by Gasteiger charge is -2.08. The summed E-state index contributed by atoms with van der Waals surface area (Å²) >= 11 is 0. The molecule has 0 saturated carbocycles. The molecule has 0 saturated heterocycles. The van der Waals surface area contributed by atoms with E-state index >= 15 is 0 Å². The standard InChI is InChI=1S/C19H13F2N3O3/c20-14-3-1-4-15(21)13(14)10-27-11-6-7-16-12(9-11)18(24-23-16)22-19(25)17-5-2-8-26-17/h1-9H,10H2,(H2,22,23,24,25). The molecule has 0 aliphatic heterocycles. The zero-order valence-corrected chi connectivity index (χ0v) is 13.8. The van der Waals surface area contributed by atoms with Crippen molar-refractivity contribution >= 4 is 22.6 Å². The van der Waals surface area contributed by atoms with Crippen molar-refractivity contribution in [3.8, 4) is 5.75 Å². The largest absolute Gasteiger partial charge is 0.489 e. The van der Waals surface area contributed by atoms with Crippen LogP contribution >= 0.6 is 0 Å². The first-order valence-corrected chi connectivity index (χ1v) is 8.00. The molecule has 4 aromatic rings. The fourth-order valence-corrected chi connectivity index (χ4v) is 2.58. The number of aromatic nitrogens is 2. The maximum Gasteiger partial charge on any atom is 0.292 e. The van der Waals surface area contributed by atoms with E-state index in [9.17, 15) is 13.6 Å². The third kappa shape index (κ3) is 3.37. The van der Waals surface area contributed by atoms with Gasteiger partial charge in [-0.15, -0.1) is 0 Å². The van der Waals surface area contributed by atoms with Gasteiger partial charge in [-0.1, -0.05) is 6.07 Å². The smallest absolute Gasteiger partial charge is 0.292 e. The van der Waals surface area contributed by atoms with Crippen LogP contribution in [-0.2, 0) is 6.61 Å². The first-order valence-electron chi connectivity index (χ1n) is 8.00. The van der Waals surface area contributed by atoms with Crippen LogP contribution in [0.5, 0.6) is 5.75 Å². The molecule has 0 aliphatic rings. The number of furan rings is 1. The van der Waals surface area contributed by atoms with Crippen molar-refractivity contribution in [1.29, 1.82) is 0 Å². The van der Waals surface area contributed by atoms with Gasteiger partial charge < -0.3 is 14.5 Å². The molecule has 4 rings (SSSR count). The number of hydrogen-bond acceptors (Lipinski definition) is 4. The number of rotatable bonds is 5. The van der Waals surface area contributed by atoms with Crippen molar-refractivity contribution in [3.05, 3.63) is 77.8 Å². The Morgan fingerprint density at radius 3 is 2.70 bits per heavy atom. The first kappa shape index (κ1) is 16.8. The van der Waals surface area contributed by atoms with Crippen LogP contribution in [0.3, 0.4) is 0 Å². The number of nitrogens with one attached hydrogen (secondary N) is 2. The molecule has 1 amide bonds. The minimum absolute atomic E-state index is 0.147. The first-order chi connectivity index (χ1) is 13.1. The number of carbonyl (C=O) groups is 1. The Labute approximate surface area is 151 Å². The summed E-state index contributed by atoms with van der Waals surface area (Å²) < 4.78 is 38.0. The van der Waals surface area contributed by atoms with Gasteiger partial charge in [-0.3, -0.25) is 9.89 Å². The van der Waals surface area contributed by atoms with Crippen LogP contribution in [0.1, 0.15) is 16.1 Å². The normalized spacial score (nSPS) is 10.9. The predicted octanol–water partition coefficient (Wildman–Crippen LogP) is 4.27. The second-order valence-electron chi connectivity index (χ2n) is 5.70. The summed E-state index contributed by atoms with van der Waals surface area (Å²) in [5.41, 5.74) is 0.505. The molecular formula is C19H13F2N3O3. The Morgan fingerprint density at radius 1 is 1.15 bits per heavy atom. The summed E-state index contributed by atoms with van der Waals surface area (Å²) in [6.45, 7) is -0.268. The van der Waals surface area contributed by atoms with E-state index in [0.717, 1.165) is 0 Å². The highest BCUT2D eigenvalue weighted by molar-refractivity contribution is 6.06. The molecule has 0 fully saturated rings. The molecular weight excluding hydrogens is 356 g/mol. The third-order valence-corrected chi connectivity index (χ3v) is 3.96. The van der Waals surface area contributed by atoms with E-state index in [2.05, 4.69) is 15.5 Å². The van der Waals surface area contributed by atoms with Crippen LogP contribution in [0.15, 0.2) is 59.2 Å². The lowest BCUT2D eigenvalue weighted by Crippen LogP contribution is -2.11. The number of aromatic amines is 1. The number of benzene rings is 2. The molecule has 0 unspecified atom stereocenters. The van der Waals surface area contributed by atoms with Gasteiger partial charge in [-0.05, 0) is 42.5 Å². The molecule has 27 heavy (non-hydrogen) atoms. The van der Waals surface area contributed by atoms with Crippen LogP contribution in [0.4, 0.5) is 14.6 Å². The number of halogens is 2. The molecule has 0 aliphatic carbocycles. The van der Waals surface area contributed by atoms with E-state index < -0.39 is 17.5 Å². The highest BCUT2D eigenvalue weighted by Gasteiger charge is 2.14. The van der Waals surface area contributed by atoms with Crippen LogP contribution < -0.4 is 10.1 Å². The van der Waals surface area contributed by atoms with Crippen molar-refractivity contribution in [1.82, 2.24) is 10.2 Å². The molecule has 2 aromatic carbocycles. The Bertz CT molecular complexity index is 1090. The fourth-order valence-electron chi connectivity index (χ4n) is 2.58. The van der Waals surface area contributed by atoms with Gasteiger partial charge in [0.1, 0.15) is 24.0 Å². The number of fused-ring (bicyclic) bond motifs is 1. The third-order valence-electron chi connectivity index (χ3n) is 3.96. The van der Waals surface area contributed by atoms with E-state index in [1.165, 1.54) is 30.5 Å². The number of nitrogens with zero attached hydrogens (tertiary/aromatic N) is 1. The Morgan fingerprint density at radius 2 is 1.96 bits per heavy atom. The van der Waals surface area contributed by atoms with Crippen molar-refractivity contribution in [2.75, 3.05) is 5.32 Å². The summed E-state index contributed by atoms with van der Waals surface area (Å²) in [5, 5.41) is 10.1. The maximum absolute atomic E-state index is 13.7. The zero-order chi connectivity index (χ0) is 18.8. The summed E-state index contributed by atoms with van der Waals surface area (Å²) in [5.74, 6) is -0.993. The topological polar surface area (TPSA) is 80.2 Å². The highest BCUT2D eigenvalue weighted by Crippen LogP contribution is 2.26. The van der Waals surface area contributed by atoms with Crippen molar-refractivity contribution in [2.45, 2.75) is 6.61 Å². The van der Waals surface area contributed by atoms with Gasteiger partial charge in [-0.2, -0.15) is 5.10 Å². The monoisotopic (exact) mass is 369 g/mol.